The maximum absolute atomic E-state index is 14.2. The van der Waals surface area contributed by atoms with E-state index < -0.39 is 0 Å². The quantitative estimate of drug-likeness (QED) is 0.172. The number of oxime groups is 1. The lowest BCUT2D eigenvalue weighted by atomic mass is 9.96. The van der Waals surface area contributed by atoms with Gasteiger partial charge in [-0.2, -0.15) is 0 Å². The van der Waals surface area contributed by atoms with Crippen molar-refractivity contribution in [2.75, 3.05) is 0 Å². The second kappa shape index (κ2) is 10.3. The molecule has 6 heteroatoms. The molecule has 3 aromatic carbocycles. The number of aliphatic imine (C=N–C) groups is 1. The van der Waals surface area contributed by atoms with Crippen molar-refractivity contribution >= 4 is 18.7 Å². The number of rotatable bonds is 7. The van der Waals surface area contributed by atoms with Crippen molar-refractivity contribution in [2.45, 2.75) is 20.4 Å². The van der Waals surface area contributed by atoms with Gasteiger partial charge in [-0.1, -0.05) is 65.3 Å². The van der Waals surface area contributed by atoms with Gasteiger partial charge in [0, 0.05) is 31.1 Å². The zero-order chi connectivity index (χ0) is 24.9. The average Bonchev–Trinajstić information content (AvgIpc) is 3.22. The number of halogens is 1. The van der Waals surface area contributed by atoms with E-state index in [-0.39, 0.29) is 11.7 Å². The van der Waals surface area contributed by atoms with Crippen molar-refractivity contribution in [1.29, 1.82) is 0 Å². The smallest absolute Gasteiger partial charge is 0.252 e. The first kappa shape index (κ1) is 23.8. The van der Waals surface area contributed by atoms with Gasteiger partial charge in [-0.3, -0.25) is 0 Å². The van der Waals surface area contributed by atoms with Gasteiger partial charge in [-0.25, -0.2) is 14.4 Å². The molecule has 4 aromatic rings. The van der Waals surface area contributed by atoms with E-state index in [4.69, 9.17) is 4.84 Å². The van der Waals surface area contributed by atoms with E-state index in [2.05, 4.69) is 34.5 Å². The van der Waals surface area contributed by atoms with Crippen LogP contribution >= 0.6 is 0 Å². The first-order chi connectivity index (χ1) is 16.9. The molecule has 5 nitrogen and oxygen atoms in total. The van der Waals surface area contributed by atoms with Crippen LogP contribution in [-0.2, 0) is 18.4 Å². The average molecular weight is 467 g/mol. The summed E-state index contributed by atoms with van der Waals surface area (Å²) in [6, 6.07) is 18.6. The lowest BCUT2D eigenvalue weighted by Crippen LogP contribution is -2.07. The summed E-state index contributed by atoms with van der Waals surface area (Å²) >= 11 is 0. The van der Waals surface area contributed by atoms with Gasteiger partial charge in [-0.05, 0) is 54.8 Å². The molecule has 0 unspecified atom stereocenters. The van der Waals surface area contributed by atoms with Crippen molar-refractivity contribution in [3.05, 3.63) is 107 Å². The minimum absolute atomic E-state index is 0.276. The molecular weight excluding hydrogens is 439 g/mol. The number of hydrogen-bond donors (Lipinski definition) is 0. The molecule has 0 saturated carbocycles. The Morgan fingerprint density at radius 3 is 2.37 bits per heavy atom. The van der Waals surface area contributed by atoms with E-state index in [1.165, 1.54) is 12.1 Å². The van der Waals surface area contributed by atoms with E-state index in [0.29, 0.717) is 17.7 Å². The van der Waals surface area contributed by atoms with E-state index in [0.717, 1.165) is 39.3 Å². The molecule has 0 saturated heterocycles. The van der Waals surface area contributed by atoms with Crippen LogP contribution in [0.3, 0.4) is 0 Å². The molecule has 35 heavy (non-hydrogen) atoms. The highest BCUT2D eigenvalue weighted by atomic mass is 19.1. The predicted octanol–water partition coefficient (Wildman–Crippen LogP) is 6.73. The lowest BCUT2D eigenvalue weighted by Gasteiger charge is -2.12. The molecule has 0 aliphatic heterocycles. The molecule has 0 N–H and O–H groups in total. The molecule has 1 aromatic heterocycles. The molecule has 0 radical (unpaired) electrons. The van der Waals surface area contributed by atoms with Crippen molar-refractivity contribution in [3.8, 4) is 22.5 Å². The van der Waals surface area contributed by atoms with Crippen LogP contribution in [0.15, 0.2) is 83.6 Å². The van der Waals surface area contributed by atoms with Gasteiger partial charge in [0.05, 0.1) is 12.2 Å². The maximum Gasteiger partial charge on any atom is 0.252 e. The Morgan fingerprint density at radius 2 is 1.74 bits per heavy atom. The van der Waals surface area contributed by atoms with E-state index in [1.54, 1.807) is 12.1 Å². The summed E-state index contributed by atoms with van der Waals surface area (Å²) < 4.78 is 16.2. The Kier molecular flexibility index (Phi) is 7.01. The number of nitrogens with zero attached hydrogens (tertiary/aromatic N) is 4. The van der Waals surface area contributed by atoms with Gasteiger partial charge in [0.25, 0.3) is 5.90 Å². The molecular formula is C29H27FN4O. The molecule has 176 valence electrons. The summed E-state index contributed by atoms with van der Waals surface area (Å²) in [5.74, 6) is 0.801. The van der Waals surface area contributed by atoms with Gasteiger partial charge in [0.2, 0.25) is 0 Å². The first-order valence-electron chi connectivity index (χ1n) is 11.2. The molecule has 0 aliphatic carbocycles. The van der Waals surface area contributed by atoms with E-state index in [9.17, 15) is 4.39 Å². The molecule has 0 spiro atoms. The normalized spacial score (nSPS) is 11.4. The summed E-state index contributed by atoms with van der Waals surface area (Å²) in [5.41, 5.74) is 7.19. The number of imidazole rings is 1. The highest BCUT2D eigenvalue weighted by Crippen LogP contribution is 2.28. The molecule has 0 atom stereocenters. The summed E-state index contributed by atoms with van der Waals surface area (Å²) in [5, 5.41) is 3.60. The second-order valence-electron chi connectivity index (χ2n) is 8.41. The van der Waals surface area contributed by atoms with Crippen molar-refractivity contribution in [1.82, 2.24) is 9.55 Å². The SMILES string of the molecule is C=Cc1cn(C)c(-c2ccc(CN=C(ON=C)c3ccc(F)cc3-c3cc(C)cc(C)c3)cc2)n1. The van der Waals surface area contributed by atoms with Crippen LogP contribution in [0.5, 0.6) is 0 Å². The Bertz CT molecular complexity index is 1400. The third-order valence-corrected chi connectivity index (χ3v) is 5.62. The predicted molar refractivity (Wildman–Crippen MR) is 141 cm³/mol. The highest BCUT2D eigenvalue weighted by molar-refractivity contribution is 6.01. The molecule has 0 fully saturated rings. The summed E-state index contributed by atoms with van der Waals surface area (Å²) in [7, 11) is 1.95. The van der Waals surface area contributed by atoms with Crippen LogP contribution in [0.4, 0.5) is 4.39 Å². The summed E-state index contributed by atoms with van der Waals surface area (Å²) in [6.45, 7) is 11.6. The molecule has 0 aliphatic rings. The Labute approximate surface area is 204 Å². The number of benzene rings is 3. The lowest BCUT2D eigenvalue weighted by molar-refractivity contribution is 0.332. The zero-order valence-corrected chi connectivity index (χ0v) is 20.1. The fourth-order valence-electron chi connectivity index (χ4n) is 4.07. The zero-order valence-electron chi connectivity index (χ0n) is 20.1. The van der Waals surface area contributed by atoms with Crippen molar-refractivity contribution in [3.63, 3.8) is 0 Å². The third kappa shape index (κ3) is 5.44. The number of hydrogen-bond acceptors (Lipinski definition) is 4. The Balaban J connectivity index is 1.66. The minimum atomic E-state index is -0.335. The van der Waals surface area contributed by atoms with Gasteiger partial charge in [-0.15, -0.1) is 0 Å². The molecule has 0 amide bonds. The van der Waals surface area contributed by atoms with Gasteiger partial charge in [0.15, 0.2) is 0 Å². The van der Waals surface area contributed by atoms with Crippen molar-refractivity contribution in [2.24, 2.45) is 17.2 Å². The first-order valence-corrected chi connectivity index (χ1v) is 11.2. The largest absolute Gasteiger partial charge is 0.337 e. The maximum atomic E-state index is 14.2. The fraction of sp³-hybridized carbons (Fsp3) is 0.138. The second-order valence-corrected chi connectivity index (χ2v) is 8.41. The fourth-order valence-corrected chi connectivity index (χ4v) is 4.07. The van der Waals surface area contributed by atoms with Gasteiger partial charge in [0.1, 0.15) is 11.6 Å². The minimum Gasteiger partial charge on any atom is -0.337 e. The Hall–Kier alpha value is -4.32. The van der Waals surface area contributed by atoms with Crippen LogP contribution < -0.4 is 0 Å². The third-order valence-electron chi connectivity index (χ3n) is 5.62. The number of aryl methyl sites for hydroxylation is 3. The van der Waals surface area contributed by atoms with Gasteiger partial charge < -0.3 is 9.40 Å². The van der Waals surface area contributed by atoms with E-state index >= 15 is 0 Å². The monoisotopic (exact) mass is 466 g/mol. The highest BCUT2D eigenvalue weighted by Gasteiger charge is 2.15. The molecule has 4 rings (SSSR count). The standard InChI is InChI=1S/C29H27FN4O/c1-6-25-18-34(5)28(33-25)22-9-7-21(8-10-22)17-32-29(35-31-4)26-12-11-24(30)16-27(26)23-14-19(2)13-20(3)15-23/h6-16,18H,1,4,17H2,2-3,5H3. The van der Waals surface area contributed by atoms with Crippen LogP contribution in [0.2, 0.25) is 0 Å². The van der Waals surface area contributed by atoms with Gasteiger partial charge >= 0.3 is 0 Å². The Morgan fingerprint density at radius 1 is 1.03 bits per heavy atom. The van der Waals surface area contributed by atoms with Crippen LogP contribution in [0.1, 0.15) is 27.9 Å². The van der Waals surface area contributed by atoms with E-state index in [1.807, 2.05) is 68.1 Å². The summed E-state index contributed by atoms with van der Waals surface area (Å²) in [4.78, 5) is 14.7. The molecule has 1 heterocycles. The molecule has 0 bridgehead atoms. The van der Waals surface area contributed by atoms with Crippen LogP contribution in [0.25, 0.3) is 28.6 Å². The summed E-state index contributed by atoms with van der Waals surface area (Å²) in [6.07, 6.45) is 3.66. The van der Waals surface area contributed by atoms with Crippen molar-refractivity contribution < 1.29 is 9.23 Å². The van der Waals surface area contributed by atoms with Crippen LogP contribution in [0, 0.1) is 19.7 Å². The number of aromatic nitrogens is 2. The topological polar surface area (TPSA) is 51.8 Å². The van der Waals surface area contributed by atoms with Crippen LogP contribution in [-0.4, -0.2) is 22.2 Å².